The molecule has 7 heteroatoms. The molecule has 0 aromatic heterocycles. The van der Waals surface area contributed by atoms with Crippen molar-refractivity contribution in [2.45, 2.75) is 51.4 Å². The van der Waals surface area contributed by atoms with E-state index in [9.17, 15) is 9.59 Å². The molecular formula is C28H31BN2O4. The topological polar surface area (TPSA) is 90.6 Å². The van der Waals surface area contributed by atoms with E-state index in [2.05, 4.69) is 5.32 Å². The molecule has 1 atom stereocenters. The Balaban J connectivity index is 1.40. The van der Waals surface area contributed by atoms with Gasteiger partial charge in [-0.2, -0.15) is 0 Å². The number of carbonyl (C=O) groups excluding carboxylic acids is 2. The lowest BCUT2D eigenvalue weighted by Crippen LogP contribution is -2.45. The van der Waals surface area contributed by atoms with Crippen LogP contribution >= 0.6 is 0 Å². The zero-order valence-electron chi connectivity index (χ0n) is 20.6. The summed E-state index contributed by atoms with van der Waals surface area (Å²) in [7, 11) is -0.459. The molecule has 0 spiro atoms. The lowest BCUT2D eigenvalue weighted by atomic mass is 9.78. The maximum atomic E-state index is 12.8. The number of carbonyl (C=O) groups is 2. The average molecular weight is 470 g/mol. The van der Waals surface area contributed by atoms with Crippen molar-refractivity contribution in [2.75, 3.05) is 0 Å². The highest BCUT2D eigenvalue weighted by Crippen LogP contribution is 2.36. The molecular weight excluding hydrogens is 439 g/mol. The van der Waals surface area contributed by atoms with Crippen molar-refractivity contribution in [3.05, 3.63) is 90.0 Å². The predicted molar refractivity (Wildman–Crippen MR) is 138 cm³/mol. The first-order chi connectivity index (χ1) is 16.6. The second-order valence-corrected chi connectivity index (χ2v) is 9.91. The van der Waals surface area contributed by atoms with E-state index in [1.54, 1.807) is 12.1 Å². The summed E-state index contributed by atoms with van der Waals surface area (Å²) in [5, 5.41) is 2.77. The summed E-state index contributed by atoms with van der Waals surface area (Å²) < 4.78 is 12.2. The van der Waals surface area contributed by atoms with Gasteiger partial charge in [-0.25, -0.2) is 0 Å². The second kappa shape index (κ2) is 9.68. The third-order valence-corrected chi connectivity index (χ3v) is 6.85. The maximum Gasteiger partial charge on any atom is 0.494 e. The molecule has 0 bridgehead atoms. The molecule has 0 unspecified atom stereocenters. The number of benzene rings is 3. The van der Waals surface area contributed by atoms with Gasteiger partial charge in [-0.05, 0) is 62.0 Å². The fourth-order valence-corrected chi connectivity index (χ4v) is 3.93. The van der Waals surface area contributed by atoms with E-state index in [0.717, 1.165) is 22.2 Å². The summed E-state index contributed by atoms with van der Waals surface area (Å²) >= 11 is 0. The fraction of sp³-hybridized carbons (Fsp3) is 0.286. The highest BCUT2D eigenvalue weighted by Gasteiger charge is 2.51. The van der Waals surface area contributed by atoms with E-state index in [-0.39, 0.29) is 12.3 Å². The van der Waals surface area contributed by atoms with Gasteiger partial charge in [0.05, 0.1) is 11.2 Å². The Labute approximate surface area is 207 Å². The van der Waals surface area contributed by atoms with Gasteiger partial charge in [0.25, 0.3) is 5.91 Å². The van der Waals surface area contributed by atoms with Crippen molar-refractivity contribution in [1.82, 2.24) is 5.32 Å². The zero-order valence-corrected chi connectivity index (χ0v) is 20.6. The third-order valence-electron chi connectivity index (χ3n) is 6.85. The van der Waals surface area contributed by atoms with Gasteiger partial charge in [-0.15, -0.1) is 0 Å². The molecule has 35 heavy (non-hydrogen) atoms. The monoisotopic (exact) mass is 470 g/mol. The minimum absolute atomic E-state index is 0.285. The molecule has 0 radical (unpaired) electrons. The van der Waals surface area contributed by atoms with E-state index in [1.807, 2.05) is 94.4 Å². The highest BCUT2D eigenvalue weighted by atomic mass is 16.7. The van der Waals surface area contributed by atoms with E-state index in [0.29, 0.717) is 5.56 Å². The molecule has 2 amide bonds. The molecule has 4 rings (SSSR count). The number of nitrogens with one attached hydrogen (secondary N) is 1. The van der Waals surface area contributed by atoms with Crippen molar-refractivity contribution in [3.63, 3.8) is 0 Å². The van der Waals surface area contributed by atoms with Crippen molar-refractivity contribution >= 4 is 24.4 Å². The van der Waals surface area contributed by atoms with Gasteiger partial charge in [0, 0.05) is 12.0 Å². The standard InChI is InChI=1S/C28H31BN2O4/c1-27(2)28(3,4)35-29(34-27)23-16-10-19(11-17-23)18-24(25(30)32)31-26(33)22-14-12-21(13-15-22)20-8-6-5-7-9-20/h5-17,24H,18H2,1-4H3,(H2,30,32)(H,31,33)/t24-/m1/s1. The Kier molecular flexibility index (Phi) is 6.83. The van der Waals surface area contributed by atoms with Crippen LogP contribution in [0.25, 0.3) is 11.1 Å². The maximum absolute atomic E-state index is 12.8. The smallest absolute Gasteiger partial charge is 0.399 e. The van der Waals surface area contributed by atoms with Crippen LogP contribution in [0.1, 0.15) is 43.6 Å². The van der Waals surface area contributed by atoms with Crippen LogP contribution < -0.4 is 16.5 Å². The number of amides is 2. The number of rotatable bonds is 7. The highest BCUT2D eigenvalue weighted by molar-refractivity contribution is 6.62. The van der Waals surface area contributed by atoms with Crippen LogP contribution in [-0.2, 0) is 20.5 Å². The Morgan fingerprint density at radius 2 is 1.37 bits per heavy atom. The van der Waals surface area contributed by atoms with E-state index < -0.39 is 30.3 Å². The van der Waals surface area contributed by atoms with Gasteiger partial charge in [-0.3, -0.25) is 9.59 Å². The van der Waals surface area contributed by atoms with Crippen molar-refractivity contribution < 1.29 is 18.9 Å². The lowest BCUT2D eigenvalue weighted by molar-refractivity contribution is -0.119. The van der Waals surface area contributed by atoms with Crippen LogP contribution in [0.4, 0.5) is 0 Å². The van der Waals surface area contributed by atoms with E-state index in [1.165, 1.54) is 0 Å². The van der Waals surface area contributed by atoms with Crippen LogP contribution in [0.3, 0.4) is 0 Å². The largest absolute Gasteiger partial charge is 0.494 e. The molecule has 180 valence electrons. The van der Waals surface area contributed by atoms with Gasteiger partial charge in [0.15, 0.2) is 0 Å². The van der Waals surface area contributed by atoms with Gasteiger partial charge in [-0.1, -0.05) is 66.7 Å². The Bertz CT molecular complexity index is 1180. The molecule has 1 fully saturated rings. The van der Waals surface area contributed by atoms with Crippen molar-refractivity contribution in [3.8, 4) is 11.1 Å². The van der Waals surface area contributed by atoms with Crippen LogP contribution in [0, 0.1) is 0 Å². The third kappa shape index (κ3) is 5.47. The number of hydrogen-bond acceptors (Lipinski definition) is 4. The molecule has 0 aliphatic carbocycles. The van der Waals surface area contributed by atoms with Crippen molar-refractivity contribution in [1.29, 1.82) is 0 Å². The Morgan fingerprint density at radius 3 is 1.91 bits per heavy atom. The first-order valence-electron chi connectivity index (χ1n) is 11.8. The number of hydrogen-bond donors (Lipinski definition) is 2. The van der Waals surface area contributed by atoms with Crippen LogP contribution in [-0.4, -0.2) is 36.2 Å². The number of nitrogens with two attached hydrogens (primary N) is 1. The molecule has 3 aromatic rings. The molecule has 1 aliphatic rings. The summed E-state index contributed by atoms with van der Waals surface area (Å²) in [5.74, 6) is -0.934. The van der Waals surface area contributed by atoms with Crippen LogP contribution in [0.15, 0.2) is 78.9 Å². The summed E-state index contributed by atoms with van der Waals surface area (Å²) in [6.45, 7) is 8.04. The van der Waals surface area contributed by atoms with Gasteiger partial charge < -0.3 is 20.4 Å². The second-order valence-electron chi connectivity index (χ2n) is 9.91. The predicted octanol–water partition coefficient (Wildman–Crippen LogP) is 3.48. The molecule has 1 aliphatic heterocycles. The minimum Gasteiger partial charge on any atom is -0.399 e. The van der Waals surface area contributed by atoms with Gasteiger partial charge >= 0.3 is 7.12 Å². The minimum atomic E-state index is -0.834. The van der Waals surface area contributed by atoms with Gasteiger partial charge in [0.2, 0.25) is 5.91 Å². The Hall–Kier alpha value is -3.42. The summed E-state index contributed by atoms with van der Waals surface area (Å²) in [6.07, 6.45) is 0.285. The zero-order chi connectivity index (χ0) is 25.2. The quantitative estimate of drug-likeness (QED) is 0.518. The molecule has 6 nitrogen and oxygen atoms in total. The van der Waals surface area contributed by atoms with E-state index >= 15 is 0 Å². The van der Waals surface area contributed by atoms with Gasteiger partial charge in [0.1, 0.15) is 6.04 Å². The summed E-state index contributed by atoms with van der Waals surface area (Å²) in [5.41, 5.74) is 9.07. The Morgan fingerprint density at radius 1 is 0.829 bits per heavy atom. The van der Waals surface area contributed by atoms with Crippen molar-refractivity contribution in [2.24, 2.45) is 5.73 Å². The van der Waals surface area contributed by atoms with E-state index in [4.69, 9.17) is 15.0 Å². The normalized spacial score (nSPS) is 17.1. The molecule has 3 aromatic carbocycles. The molecule has 1 saturated heterocycles. The van der Waals surface area contributed by atoms with Crippen LogP contribution in [0.5, 0.6) is 0 Å². The SMILES string of the molecule is CC1(C)OB(c2ccc(C[C@@H](NC(=O)c3ccc(-c4ccccc4)cc3)C(N)=O)cc2)OC1(C)C. The fourth-order valence-electron chi connectivity index (χ4n) is 3.93. The number of primary amides is 1. The molecule has 3 N–H and O–H groups in total. The summed E-state index contributed by atoms with van der Waals surface area (Å²) in [4.78, 5) is 24.9. The summed E-state index contributed by atoms with van der Waals surface area (Å²) in [6, 6.07) is 24.0. The average Bonchev–Trinajstić information content (AvgIpc) is 3.06. The lowest BCUT2D eigenvalue weighted by Gasteiger charge is -2.32. The molecule has 1 heterocycles. The first-order valence-corrected chi connectivity index (χ1v) is 11.8. The first kappa shape index (κ1) is 24.7. The molecule has 0 saturated carbocycles. The van der Waals surface area contributed by atoms with Crippen LogP contribution in [0.2, 0.25) is 0 Å².